The van der Waals surface area contributed by atoms with Gasteiger partial charge in [0, 0.05) is 47.2 Å². The predicted molar refractivity (Wildman–Crippen MR) is 141 cm³/mol. The zero-order chi connectivity index (χ0) is 26.1. The highest BCUT2D eigenvalue weighted by Gasteiger charge is 2.68. The molecule has 2 fully saturated rings. The van der Waals surface area contributed by atoms with Crippen molar-refractivity contribution < 1.29 is 28.2 Å². The van der Waals surface area contributed by atoms with Gasteiger partial charge in [0.1, 0.15) is 10.4 Å². The minimum atomic E-state index is -3.50. The highest BCUT2D eigenvalue weighted by molar-refractivity contribution is 8.02. The minimum Gasteiger partial charge on any atom is -0.477 e. The first-order valence-electron chi connectivity index (χ1n) is 11.9. The summed E-state index contributed by atoms with van der Waals surface area (Å²) in [6, 6.07) is 6.53. The van der Waals surface area contributed by atoms with Gasteiger partial charge in [-0.1, -0.05) is 6.92 Å². The molecule has 10 nitrogen and oxygen atoms in total. The quantitative estimate of drug-likeness (QED) is 0.185. The lowest BCUT2D eigenvalue weighted by atomic mass is 9.78. The van der Waals surface area contributed by atoms with Crippen LogP contribution in [-0.4, -0.2) is 89.2 Å². The number of nitrogens with zero attached hydrogens (tertiary/aromatic N) is 1. The largest absolute Gasteiger partial charge is 0.477 e. The van der Waals surface area contributed by atoms with Gasteiger partial charge < -0.3 is 21.3 Å². The second-order valence-electron chi connectivity index (χ2n) is 9.21. The number of carboxylic acids is 1. The standard InChI is InChI=1S/C23H32N4O6S3/c1-14-18(13-34-16-4-2-15(3-5-16)26-36(32,33)11-8-24)19(21(29)30)27-20(14)23(7-10-28,22(27)31)35-17-6-9-25-12-17/h2-5,14,17,20,25-26,28H,6-13,24H2,1H3,(H,29,30)/t14-,17?,20+,23?/m1/s1. The molecule has 0 spiro atoms. The Bertz CT molecular complexity index is 1140. The van der Waals surface area contributed by atoms with Gasteiger partial charge in [0.05, 0.1) is 11.8 Å². The Balaban J connectivity index is 1.50. The number of rotatable bonds is 12. The van der Waals surface area contributed by atoms with Gasteiger partial charge in [0.25, 0.3) is 0 Å². The van der Waals surface area contributed by atoms with Crippen LogP contribution in [0.5, 0.6) is 0 Å². The number of fused-ring (bicyclic) bond motifs is 1. The Hall–Kier alpha value is -1.77. The van der Waals surface area contributed by atoms with E-state index < -0.39 is 20.7 Å². The molecule has 198 valence electrons. The number of thioether (sulfide) groups is 2. The molecular formula is C23H32N4O6S3. The number of hydrogen-bond donors (Lipinski definition) is 5. The molecule has 4 rings (SSSR count). The van der Waals surface area contributed by atoms with Crippen molar-refractivity contribution in [3.05, 3.63) is 35.5 Å². The molecule has 0 aromatic heterocycles. The Labute approximate surface area is 219 Å². The molecule has 2 unspecified atom stereocenters. The third-order valence-corrected chi connectivity index (χ3v) is 11.0. The van der Waals surface area contributed by atoms with Crippen LogP contribution < -0.4 is 15.8 Å². The lowest BCUT2D eigenvalue weighted by Crippen LogP contribution is -2.72. The van der Waals surface area contributed by atoms with Crippen molar-refractivity contribution in [3.63, 3.8) is 0 Å². The van der Waals surface area contributed by atoms with Crippen LogP contribution in [0.25, 0.3) is 0 Å². The summed E-state index contributed by atoms with van der Waals surface area (Å²) in [6.45, 7) is 3.54. The van der Waals surface area contributed by atoms with Crippen molar-refractivity contribution in [2.24, 2.45) is 11.7 Å². The summed E-state index contributed by atoms with van der Waals surface area (Å²) >= 11 is 3.03. The predicted octanol–water partition coefficient (Wildman–Crippen LogP) is 0.895. The van der Waals surface area contributed by atoms with E-state index in [9.17, 15) is 28.2 Å². The number of nitrogens with two attached hydrogens (primary N) is 1. The van der Waals surface area contributed by atoms with Gasteiger partial charge in [0.15, 0.2) is 0 Å². The van der Waals surface area contributed by atoms with Crippen LogP contribution in [0.15, 0.2) is 40.4 Å². The summed E-state index contributed by atoms with van der Waals surface area (Å²) in [5, 5.41) is 23.4. The summed E-state index contributed by atoms with van der Waals surface area (Å²) in [6.07, 6.45) is 1.24. The lowest BCUT2D eigenvalue weighted by Gasteiger charge is -2.55. The summed E-state index contributed by atoms with van der Waals surface area (Å²) < 4.78 is 25.5. The smallest absolute Gasteiger partial charge is 0.352 e. The van der Waals surface area contributed by atoms with Gasteiger partial charge >= 0.3 is 5.97 Å². The number of carbonyl (C=O) groups is 2. The summed E-state index contributed by atoms with van der Waals surface area (Å²) in [4.78, 5) is 28.0. The van der Waals surface area contributed by atoms with E-state index in [1.54, 1.807) is 36.0 Å². The lowest BCUT2D eigenvalue weighted by molar-refractivity contribution is -0.153. The highest BCUT2D eigenvalue weighted by Crippen LogP contribution is 2.57. The van der Waals surface area contributed by atoms with E-state index in [1.807, 2.05) is 6.92 Å². The molecule has 6 N–H and O–H groups in total. The molecule has 0 bridgehead atoms. The average Bonchev–Trinajstić information content (AvgIpc) is 3.42. The third kappa shape index (κ3) is 5.14. The Morgan fingerprint density at radius 1 is 1.33 bits per heavy atom. The van der Waals surface area contributed by atoms with E-state index in [0.29, 0.717) is 23.4 Å². The number of nitrogens with one attached hydrogen (secondary N) is 2. The van der Waals surface area contributed by atoms with E-state index in [1.165, 1.54) is 16.7 Å². The number of hydrogen-bond acceptors (Lipinski definition) is 9. The van der Waals surface area contributed by atoms with Crippen LogP contribution in [0.1, 0.15) is 19.8 Å². The molecule has 1 aromatic carbocycles. The maximum atomic E-state index is 13.4. The average molecular weight is 557 g/mol. The van der Waals surface area contributed by atoms with Crippen molar-refractivity contribution in [2.75, 3.05) is 42.5 Å². The van der Waals surface area contributed by atoms with Gasteiger partial charge in [-0.2, -0.15) is 0 Å². The molecule has 3 aliphatic rings. The molecule has 0 radical (unpaired) electrons. The molecule has 1 amide bonds. The number of aliphatic hydroxyl groups is 1. The number of anilines is 1. The number of sulfonamides is 1. The van der Waals surface area contributed by atoms with Crippen molar-refractivity contribution >= 4 is 51.1 Å². The van der Waals surface area contributed by atoms with Gasteiger partial charge in [0.2, 0.25) is 15.9 Å². The van der Waals surface area contributed by atoms with Crippen molar-refractivity contribution in [1.82, 2.24) is 10.2 Å². The SMILES string of the molecule is C[C@@H]1C(CSc2ccc(NS(=O)(=O)CCN)cc2)=C(C(=O)O)N2C(=O)C(CCO)(SC3CCNC3)[C@H]12. The normalized spacial score (nSPS) is 27.8. The fourth-order valence-electron chi connectivity index (χ4n) is 5.26. The Morgan fingerprint density at radius 3 is 2.64 bits per heavy atom. The third-order valence-electron chi connectivity index (χ3n) is 6.89. The number of carbonyl (C=O) groups excluding carboxylic acids is 1. The summed E-state index contributed by atoms with van der Waals surface area (Å²) in [5.41, 5.74) is 6.51. The van der Waals surface area contributed by atoms with Crippen LogP contribution in [0.3, 0.4) is 0 Å². The molecule has 4 atom stereocenters. The molecular weight excluding hydrogens is 524 g/mol. The molecule has 36 heavy (non-hydrogen) atoms. The van der Waals surface area contributed by atoms with Crippen LogP contribution in [0.2, 0.25) is 0 Å². The molecule has 13 heteroatoms. The van der Waals surface area contributed by atoms with E-state index in [4.69, 9.17) is 5.73 Å². The second kappa shape index (κ2) is 10.9. The first-order chi connectivity index (χ1) is 17.1. The van der Waals surface area contributed by atoms with Crippen LogP contribution in [0.4, 0.5) is 5.69 Å². The van der Waals surface area contributed by atoms with Crippen molar-refractivity contribution in [1.29, 1.82) is 0 Å². The van der Waals surface area contributed by atoms with Gasteiger partial charge in [-0.3, -0.25) is 14.4 Å². The van der Waals surface area contributed by atoms with Gasteiger partial charge in [-0.15, -0.1) is 23.5 Å². The number of benzene rings is 1. The second-order valence-corrected chi connectivity index (χ2v) is 13.7. The maximum Gasteiger partial charge on any atom is 0.352 e. The zero-order valence-corrected chi connectivity index (χ0v) is 22.4. The first kappa shape index (κ1) is 27.3. The van der Waals surface area contributed by atoms with Crippen LogP contribution >= 0.6 is 23.5 Å². The Kier molecular flexibility index (Phi) is 8.27. The Morgan fingerprint density at radius 2 is 2.06 bits per heavy atom. The number of amides is 1. The highest BCUT2D eigenvalue weighted by atomic mass is 32.2. The molecule has 2 saturated heterocycles. The van der Waals surface area contributed by atoms with E-state index in [2.05, 4.69) is 10.0 Å². The monoisotopic (exact) mass is 556 g/mol. The van der Waals surface area contributed by atoms with Crippen molar-refractivity contribution in [3.8, 4) is 0 Å². The number of β-lactam (4-membered cyclic amide) rings is 1. The molecule has 0 saturated carbocycles. The number of carboxylic acid groups (broad SMARTS) is 1. The van der Waals surface area contributed by atoms with E-state index in [-0.39, 0.29) is 47.7 Å². The first-order valence-corrected chi connectivity index (χ1v) is 15.4. The maximum absolute atomic E-state index is 13.4. The minimum absolute atomic E-state index is 0.0264. The number of aliphatic carboxylic acids is 1. The molecule has 3 heterocycles. The fourth-order valence-corrected chi connectivity index (χ4v) is 9.11. The number of aliphatic hydroxyl groups excluding tert-OH is 1. The molecule has 0 aliphatic carbocycles. The summed E-state index contributed by atoms with van der Waals surface area (Å²) in [5.74, 6) is -1.30. The van der Waals surface area contributed by atoms with E-state index >= 15 is 0 Å². The van der Waals surface area contributed by atoms with E-state index in [0.717, 1.165) is 24.4 Å². The van der Waals surface area contributed by atoms with Gasteiger partial charge in [-0.05, 0) is 49.2 Å². The zero-order valence-electron chi connectivity index (χ0n) is 20.0. The summed E-state index contributed by atoms with van der Waals surface area (Å²) in [7, 11) is -3.50. The van der Waals surface area contributed by atoms with Gasteiger partial charge in [-0.25, -0.2) is 13.2 Å². The van der Waals surface area contributed by atoms with Crippen molar-refractivity contribution in [2.45, 2.75) is 40.7 Å². The molecule has 1 aromatic rings. The van der Waals surface area contributed by atoms with Crippen LogP contribution in [0, 0.1) is 5.92 Å². The fraction of sp³-hybridized carbons (Fsp3) is 0.565. The van der Waals surface area contributed by atoms with Crippen LogP contribution in [-0.2, 0) is 19.6 Å². The molecule has 3 aliphatic heterocycles. The topological polar surface area (TPSA) is 162 Å².